The van der Waals surface area contributed by atoms with Gasteiger partial charge >= 0.3 is 5.97 Å². The molecule has 1 unspecified atom stereocenters. The molecule has 0 saturated carbocycles. The number of hydrogen-bond acceptors (Lipinski definition) is 4. The Balaban J connectivity index is 1.58. The topological polar surface area (TPSA) is 49.9 Å². The molecule has 5 heteroatoms. The fourth-order valence-electron chi connectivity index (χ4n) is 3.87. The Morgan fingerprint density at radius 2 is 1.92 bits per heavy atom. The van der Waals surface area contributed by atoms with E-state index >= 15 is 0 Å². The lowest BCUT2D eigenvalue weighted by atomic mass is 9.86. The lowest BCUT2D eigenvalue weighted by Crippen LogP contribution is -2.33. The van der Waals surface area contributed by atoms with Crippen molar-refractivity contribution in [2.75, 3.05) is 33.3 Å². The summed E-state index contributed by atoms with van der Waals surface area (Å²) in [4.78, 5) is 27.6. The fourth-order valence-corrected chi connectivity index (χ4v) is 3.87. The van der Waals surface area contributed by atoms with Gasteiger partial charge in [-0.05, 0) is 43.2 Å². The second-order valence-electron chi connectivity index (χ2n) is 6.86. The first-order valence-electron chi connectivity index (χ1n) is 8.36. The van der Waals surface area contributed by atoms with Crippen molar-refractivity contribution in [3.8, 4) is 0 Å². The highest BCUT2D eigenvalue weighted by Gasteiger charge is 2.44. The summed E-state index contributed by atoms with van der Waals surface area (Å²) >= 11 is 0. The van der Waals surface area contributed by atoms with Crippen molar-refractivity contribution < 1.29 is 14.3 Å². The van der Waals surface area contributed by atoms with E-state index in [2.05, 4.69) is 11.5 Å². The Hall–Kier alpha value is -2.14. The van der Waals surface area contributed by atoms with Crippen LogP contribution >= 0.6 is 0 Å². The van der Waals surface area contributed by atoms with Crippen LogP contribution in [0.4, 0.5) is 0 Å². The Morgan fingerprint density at radius 3 is 2.58 bits per heavy atom. The molecule has 24 heavy (non-hydrogen) atoms. The Morgan fingerprint density at radius 1 is 1.21 bits per heavy atom. The van der Waals surface area contributed by atoms with Gasteiger partial charge in [0.25, 0.3) is 0 Å². The van der Waals surface area contributed by atoms with Gasteiger partial charge in [0, 0.05) is 31.6 Å². The fraction of sp³-hybridized carbons (Fsp3) is 0.474. The number of likely N-dealkylation sites (tertiary alicyclic amines) is 2. The number of carbonyl (C=O) groups is 2. The monoisotopic (exact) mass is 328 g/mol. The predicted molar refractivity (Wildman–Crippen MR) is 91.5 cm³/mol. The average Bonchev–Trinajstić information content (AvgIpc) is 3.21. The lowest BCUT2D eigenvalue weighted by molar-refractivity contribution is -0.125. The standard InChI is InChI=1S/C19H24N2O3/c1-3-17(22)21-11-9-19(14-21)8-10-20(13-19)12-15-4-6-16(7-5-15)18(23)24-2/h3-7H,1,8-14H2,2H3. The minimum absolute atomic E-state index is 0.0451. The minimum Gasteiger partial charge on any atom is -0.465 e. The van der Waals surface area contributed by atoms with Gasteiger partial charge in [0.05, 0.1) is 12.7 Å². The smallest absolute Gasteiger partial charge is 0.337 e. The largest absolute Gasteiger partial charge is 0.465 e. The van der Waals surface area contributed by atoms with Crippen molar-refractivity contribution >= 4 is 11.9 Å². The van der Waals surface area contributed by atoms with Crippen molar-refractivity contribution in [1.82, 2.24) is 9.80 Å². The first-order valence-corrected chi connectivity index (χ1v) is 8.36. The third-order valence-corrected chi connectivity index (χ3v) is 5.22. The molecule has 2 heterocycles. The van der Waals surface area contributed by atoms with Crippen LogP contribution in [0.2, 0.25) is 0 Å². The zero-order valence-electron chi connectivity index (χ0n) is 14.2. The van der Waals surface area contributed by atoms with E-state index in [1.807, 2.05) is 29.2 Å². The molecule has 1 spiro atoms. The highest BCUT2D eigenvalue weighted by atomic mass is 16.5. The number of nitrogens with zero attached hydrogens (tertiary/aromatic N) is 2. The second-order valence-corrected chi connectivity index (χ2v) is 6.86. The van der Waals surface area contributed by atoms with Crippen LogP contribution in [-0.4, -0.2) is 55.0 Å². The molecule has 2 aliphatic heterocycles. The Kier molecular flexibility index (Phi) is 4.71. The molecule has 1 aromatic carbocycles. The van der Waals surface area contributed by atoms with E-state index in [-0.39, 0.29) is 17.3 Å². The predicted octanol–water partition coefficient (Wildman–Crippen LogP) is 2.08. The van der Waals surface area contributed by atoms with Crippen molar-refractivity contribution in [1.29, 1.82) is 0 Å². The Bertz CT molecular complexity index is 641. The van der Waals surface area contributed by atoms with E-state index in [0.717, 1.165) is 45.6 Å². The van der Waals surface area contributed by atoms with Gasteiger partial charge in [0.1, 0.15) is 0 Å². The molecule has 128 valence electrons. The maximum absolute atomic E-state index is 11.8. The second kappa shape index (κ2) is 6.77. The summed E-state index contributed by atoms with van der Waals surface area (Å²) in [6.45, 7) is 8.21. The van der Waals surface area contributed by atoms with Crippen molar-refractivity contribution in [2.45, 2.75) is 19.4 Å². The summed E-state index contributed by atoms with van der Waals surface area (Å²) in [6, 6.07) is 7.60. The third kappa shape index (κ3) is 3.36. The molecule has 2 saturated heterocycles. The van der Waals surface area contributed by atoms with Gasteiger partial charge in [-0.15, -0.1) is 0 Å². The van der Waals surface area contributed by atoms with Crippen LogP contribution in [0.1, 0.15) is 28.8 Å². The molecule has 1 aromatic rings. The van der Waals surface area contributed by atoms with Crippen LogP contribution in [0.5, 0.6) is 0 Å². The number of benzene rings is 1. The molecule has 3 rings (SSSR count). The summed E-state index contributed by atoms with van der Waals surface area (Å²) in [5.74, 6) is -0.261. The van der Waals surface area contributed by atoms with Crippen LogP contribution in [0.3, 0.4) is 0 Å². The maximum atomic E-state index is 11.8. The van der Waals surface area contributed by atoms with Crippen LogP contribution in [0.15, 0.2) is 36.9 Å². The van der Waals surface area contributed by atoms with E-state index in [1.165, 1.54) is 18.7 Å². The van der Waals surface area contributed by atoms with Gasteiger partial charge < -0.3 is 9.64 Å². The Labute approximate surface area is 142 Å². The number of ether oxygens (including phenoxy) is 1. The molecule has 0 N–H and O–H groups in total. The summed E-state index contributed by atoms with van der Waals surface area (Å²) < 4.78 is 4.72. The lowest BCUT2D eigenvalue weighted by Gasteiger charge is -2.24. The molecule has 0 aromatic heterocycles. The number of esters is 1. The zero-order valence-corrected chi connectivity index (χ0v) is 14.2. The molecule has 1 atom stereocenters. The van der Waals surface area contributed by atoms with Gasteiger partial charge in [0.2, 0.25) is 5.91 Å². The average molecular weight is 328 g/mol. The number of carbonyl (C=O) groups excluding carboxylic acids is 2. The number of amides is 1. The summed E-state index contributed by atoms with van der Waals surface area (Å²) in [7, 11) is 1.39. The molecule has 5 nitrogen and oxygen atoms in total. The summed E-state index contributed by atoms with van der Waals surface area (Å²) in [5, 5.41) is 0. The van der Waals surface area contributed by atoms with E-state index in [1.54, 1.807) is 0 Å². The zero-order chi connectivity index (χ0) is 17.2. The quantitative estimate of drug-likeness (QED) is 0.627. The van der Waals surface area contributed by atoms with Gasteiger partial charge in [-0.25, -0.2) is 4.79 Å². The van der Waals surface area contributed by atoms with Crippen molar-refractivity contribution in [2.24, 2.45) is 5.41 Å². The molecule has 0 radical (unpaired) electrons. The van der Waals surface area contributed by atoms with Crippen LogP contribution < -0.4 is 0 Å². The molecule has 1 amide bonds. The SMILES string of the molecule is C=CC(=O)N1CCC2(CCN(Cc3ccc(C(=O)OC)cc3)C2)C1. The molecule has 0 bridgehead atoms. The van der Waals surface area contributed by atoms with E-state index < -0.39 is 0 Å². The molecule has 2 aliphatic rings. The number of hydrogen-bond donors (Lipinski definition) is 0. The van der Waals surface area contributed by atoms with E-state index in [4.69, 9.17) is 4.74 Å². The van der Waals surface area contributed by atoms with E-state index in [9.17, 15) is 9.59 Å². The first kappa shape index (κ1) is 16.7. The number of rotatable bonds is 4. The van der Waals surface area contributed by atoms with Gasteiger partial charge in [0.15, 0.2) is 0 Å². The van der Waals surface area contributed by atoms with Crippen LogP contribution in [0, 0.1) is 5.41 Å². The van der Waals surface area contributed by atoms with Crippen molar-refractivity contribution in [3.05, 3.63) is 48.0 Å². The van der Waals surface area contributed by atoms with Crippen molar-refractivity contribution in [3.63, 3.8) is 0 Å². The first-order chi connectivity index (χ1) is 11.5. The summed E-state index contributed by atoms with van der Waals surface area (Å²) in [5.41, 5.74) is 2.01. The molecular weight excluding hydrogens is 304 g/mol. The highest BCUT2D eigenvalue weighted by Crippen LogP contribution is 2.40. The summed E-state index contributed by atoms with van der Waals surface area (Å²) in [6.07, 6.45) is 3.62. The van der Waals surface area contributed by atoms with Gasteiger partial charge in [-0.1, -0.05) is 18.7 Å². The molecule has 2 fully saturated rings. The van der Waals surface area contributed by atoms with Crippen LogP contribution in [-0.2, 0) is 16.1 Å². The number of methoxy groups -OCH3 is 1. The highest BCUT2D eigenvalue weighted by molar-refractivity contribution is 5.89. The van der Waals surface area contributed by atoms with E-state index in [0.29, 0.717) is 5.56 Å². The normalized spacial score (nSPS) is 23.6. The third-order valence-electron chi connectivity index (χ3n) is 5.22. The minimum atomic E-state index is -0.306. The maximum Gasteiger partial charge on any atom is 0.337 e. The molecular formula is C19H24N2O3. The van der Waals surface area contributed by atoms with Crippen LogP contribution in [0.25, 0.3) is 0 Å². The van der Waals surface area contributed by atoms with Gasteiger partial charge in [-0.3, -0.25) is 9.69 Å². The molecule has 0 aliphatic carbocycles. The van der Waals surface area contributed by atoms with Gasteiger partial charge in [-0.2, -0.15) is 0 Å².